The number of Topliss-reactive ketones (excluding diaryl/α,β-unsaturated/α-hetero) is 1. The molecule has 0 amide bonds. The van der Waals surface area contributed by atoms with E-state index >= 15 is 0 Å². The number of nitrogens with zero attached hydrogens (tertiary/aromatic N) is 2. The van der Waals surface area contributed by atoms with Gasteiger partial charge in [-0.05, 0) is 49.7 Å². The lowest BCUT2D eigenvalue weighted by Gasteiger charge is -2.24. The van der Waals surface area contributed by atoms with Gasteiger partial charge in [-0.3, -0.25) is 4.79 Å². The molecule has 0 saturated carbocycles. The number of fused-ring (bicyclic) bond motifs is 3. The number of anilines is 1. The SMILES string of the molecule is CCN1C(=CC2=C(SCc3ccc4c(c3)OCO4)C(=Cc3oc4ccccc4[n+]3CC)C2=O)Oc2ccccc21. The van der Waals surface area contributed by atoms with Crippen molar-refractivity contribution in [3.05, 3.63) is 106 Å². The highest BCUT2D eigenvalue weighted by atomic mass is 32.2. The average Bonchev–Trinajstić information content (AvgIpc) is 3.69. The Labute approximate surface area is 235 Å². The van der Waals surface area contributed by atoms with Gasteiger partial charge in [-0.1, -0.05) is 30.3 Å². The van der Waals surface area contributed by atoms with Crippen LogP contribution in [0.4, 0.5) is 5.69 Å². The summed E-state index contributed by atoms with van der Waals surface area (Å²) in [6.45, 7) is 5.83. The molecule has 0 unspecified atom stereocenters. The van der Waals surface area contributed by atoms with Crippen molar-refractivity contribution in [2.75, 3.05) is 18.2 Å². The van der Waals surface area contributed by atoms with Crippen molar-refractivity contribution in [1.29, 1.82) is 0 Å². The van der Waals surface area contributed by atoms with Gasteiger partial charge in [0, 0.05) is 40.5 Å². The molecule has 0 N–H and O–H groups in total. The molecule has 4 aromatic rings. The number of ether oxygens (including phenoxy) is 3. The van der Waals surface area contributed by atoms with E-state index in [-0.39, 0.29) is 12.6 Å². The van der Waals surface area contributed by atoms with Crippen molar-refractivity contribution >= 4 is 40.4 Å². The van der Waals surface area contributed by atoms with Crippen LogP contribution < -0.4 is 23.7 Å². The highest BCUT2D eigenvalue weighted by molar-refractivity contribution is 8.02. The summed E-state index contributed by atoms with van der Waals surface area (Å²) in [4.78, 5) is 16.7. The fourth-order valence-corrected chi connectivity index (χ4v) is 6.36. The minimum Gasteiger partial charge on any atom is -0.454 e. The highest BCUT2D eigenvalue weighted by Crippen LogP contribution is 2.45. The molecule has 3 aromatic carbocycles. The maximum Gasteiger partial charge on any atom is 0.374 e. The lowest BCUT2D eigenvalue weighted by atomic mass is 9.89. The third-order valence-corrected chi connectivity index (χ3v) is 8.45. The van der Waals surface area contributed by atoms with Gasteiger partial charge in [0.15, 0.2) is 23.0 Å². The number of benzene rings is 3. The number of carbonyl (C=O) groups is 1. The van der Waals surface area contributed by atoms with E-state index in [1.807, 2.05) is 78.9 Å². The lowest BCUT2D eigenvalue weighted by molar-refractivity contribution is -0.674. The molecule has 0 bridgehead atoms. The van der Waals surface area contributed by atoms with Gasteiger partial charge >= 0.3 is 5.89 Å². The molecule has 2 aliphatic heterocycles. The molecule has 0 fully saturated rings. The van der Waals surface area contributed by atoms with Crippen LogP contribution in [0.5, 0.6) is 17.2 Å². The Morgan fingerprint density at radius 1 is 0.950 bits per heavy atom. The van der Waals surface area contributed by atoms with Crippen molar-refractivity contribution in [2.45, 2.75) is 26.1 Å². The van der Waals surface area contributed by atoms with Crippen molar-refractivity contribution in [3.8, 4) is 17.2 Å². The average molecular weight is 552 g/mol. The third-order valence-electron chi connectivity index (χ3n) is 7.24. The van der Waals surface area contributed by atoms with E-state index in [0.29, 0.717) is 28.7 Å². The number of aromatic nitrogens is 1. The Kier molecular flexibility index (Phi) is 6.12. The van der Waals surface area contributed by atoms with Crippen molar-refractivity contribution < 1.29 is 28.0 Å². The summed E-state index contributed by atoms with van der Waals surface area (Å²) in [5.74, 6) is 4.23. The first kappa shape index (κ1) is 24.6. The van der Waals surface area contributed by atoms with Gasteiger partial charge in [-0.2, -0.15) is 4.57 Å². The normalized spacial score (nSPS) is 17.6. The number of thioether (sulfide) groups is 1. The molecule has 200 valence electrons. The lowest BCUT2D eigenvalue weighted by Crippen LogP contribution is -2.34. The Morgan fingerprint density at radius 3 is 2.65 bits per heavy atom. The van der Waals surface area contributed by atoms with Gasteiger partial charge in [0.2, 0.25) is 18.3 Å². The first-order valence-electron chi connectivity index (χ1n) is 13.3. The molecule has 40 heavy (non-hydrogen) atoms. The molecule has 0 atom stereocenters. The van der Waals surface area contributed by atoms with Gasteiger partial charge in [0.05, 0.1) is 11.8 Å². The Morgan fingerprint density at radius 2 is 1.77 bits per heavy atom. The van der Waals surface area contributed by atoms with E-state index in [0.717, 1.165) is 57.6 Å². The predicted octanol–water partition coefficient (Wildman–Crippen LogP) is 6.38. The number of hydrogen-bond acceptors (Lipinski definition) is 7. The summed E-state index contributed by atoms with van der Waals surface area (Å²) >= 11 is 1.62. The molecule has 0 spiro atoms. The fraction of sp³-hybridized carbons (Fsp3) is 0.188. The summed E-state index contributed by atoms with van der Waals surface area (Å²) in [5, 5.41) is 0. The van der Waals surface area contributed by atoms with Crippen LogP contribution in [0.2, 0.25) is 0 Å². The summed E-state index contributed by atoms with van der Waals surface area (Å²) in [5.41, 5.74) is 5.15. The molecule has 1 aromatic heterocycles. The molecule has 7 rings (SSSR count). The van der Waals surface area contributed by atoms with E-state index in [9.17, 15) is 4.79 Å². The molecule has 3 heterocycles. The van der Waals surface area contributed by atoms with E-state index < -0.39 is 0 Å². The second-order valence-corrected chi connectivity index (χ2v) is 10.5. The second-order valence-electron chi connectivity index (χ2n) is 9.56. The summed E-state index contributed by atoms with van der Waals surface area (Å²) in [6.07, 6.45) is 3.75. The van der Waals surface area contributed by atoms with Crippen LogP contribution in [-0.2, 0) is 17.1 Å². The largest absolute Gasteiger partial charge is 0.454 e. The topological polar surface area (TPSA) is 65.0 Å². The Balaban J connectivity index is 1.28. The number of rotatable bonds is 7. The van der Waals surface area contributed by atoms with Gasteiger partial charge in [-0.15, -0.1) is 11.8 Å². The number of hydrogen-bond donors (Lipinski definition) is 0. The maximum atomic E-state index is 13.7. The van der Waals surface area contributed by atoms with Gasteiger partial charge in [0.25, 0.3) is 5.52 Å². The third kappa shape index (κ3) is 4.07. The Hall–Kier alpha value is -4.43. The molecular formula is C32H27N2O5S+. The predicted molar refractivity (Wildman–Crippen MR) is 154 cm³/mol. The standard InChI is InChI=1S/C32H27N2O5S/c1-3-33-23-9-5-7-11-25(23)38-29(33)16-21-31(35)22(17-30-34(4-2)24-10-6-8-12-26(24)39-30)32(21)40-18-20-13-14-27-28(15-20)37-19-36-27/h5-17H,3-4,18-19H2,1-2H3/q+1. The summed E-state index contributed by atoms with van der Waals surface area (Å²) in [7, 11) is 0. The van der Waals surface area contributed by atoms with Crippen LogP contribution in [0.25, 0.3) is 17.2 Å². The van der Waals surface area contributed by atoms with E-state index in [2.05, 4.69) is 23.3 Å². The zero-order valence-electron chi connectivity index (χ0n) is 22.2. The molecular weight excluding hydrogens is 524 g/mol. The van der Waals surface area contributed by atoms with Crippen molar-refractivity contribution in [1.82, 2.24) is 0 Å². The van der Waals surface area contributed by atoms with Gasteiger partial charge in [-0.25, -0.2) is 0 Å². The smallest absolute Gasteiger partial charge is 0.374 e. The number of allylic oxidation sites excluding steroid dienone is 3. The molecule has 0 saturated heterocycles. The van der Waals surface area contributed by atoms with Gasteiger partial charge in [0.1, 0.15) is 6.54 Å². The zero-order valence-corrected chi connectivity index (χ0v) is 23.0. The highest BCUT2D eigenvalue weighted by Gasteiger charge is 2.37. The van der Waals surface area contributed by atoms with E-state index in [1.54, 1.807) is 11.8 Å². The quantitative estimate of drug-likeness (QED) is 0.195. The van der Waals surface area contributed by atoms with Crippen LogP contribution in [0.1, 0.15) is 25.3 Å². The van der Waals surface area contributed by atoms with Gasteiger partial charge < -0.3 is 23.5 Å². The van der Waals surface area contributed by atoms with Crippen LogP contribution in [0, 0.1) is 0 Å². The first-order chi connectivity index (χ1) is 19.6. The molecule has 8 heteroatoms. The van der Waals surface area contributed by atoms with Crippen LogP contribution in [0.15, 0.2) is 99.2 Å². The summed E-state index contributed by atoms with van der Waals surface area (Å²) < 4.78 is 25.5. The zero-order chi connectivity index (χ0) is 27.2. The van der Waals surface area contributed by atoms with Crippen LogP contribution >= 0.6 is 11.8 Å². The van der Waals surface area contributed by atoms with Crippen LogP contribution in [0.3, 0.4) is 0 Å². The van der Waals surface area contributed by atoms with E-state index in [1.165, 1.54) is 0 Å². The minimum atomic E-state index is -0.0283. The second kappa shape index (κ2) is 9.95. The number of aryl methyl sites for hydroxylation is 1. The molecule has 3 aliphatic rings. The van der Waals surface area contributed by atoms with Crippen molar-refractivity contribution in [3.63, 3.8) is 0 Å². The summed E-state index contributed by atoms with van der Waals surface area (Å²) in [6, 6.07) is 21.8. The van der Waals surface area contributed by atoms with Crippen LogP contribution in [-0.4, -0.2) is 19.1 Å². The first-order valence-corrected chi connectivity index (χ1v) is 14.3. The van der Waals surface area contributed by atoms with E-state index in [4.69, 9.17) is 18.6 Å². The number of oxazole rings is 1. The molecule has 7 nitrogen and oxygen atoms in total. The number of ketones is 1. The molecule has 1 aliphatic carbocycles. The maximum absolute atomic E-state index is 13.7. The molecule has 0 radical (unpaired) electrons. The Bertz CT molecular complexity index is 1770. The number of para-hydroxylation sites is 4. The fourth-order valence-electron chi connectivity index (χ4n) is 5.26. The minimum absolute atomic E-state index is 0.0283. The van der Waals surface area contributed by atoms with Crippen molar-refractivity contribution in [2.24, 2.45) is 0 Å². The monoisotopic (exact) mass is 551 g/mol. The number of carbonyl (C=O) groups excluding carboxylic acids is 1.